The molecule has 0 unspecified atom stereocenters. The number of hydrogen-bond acceptors (Lipinski definition) is 2. The van der Waals surface area contributed by atoms with Crippen molar-refractivity contribution in [3.8, 4) is 17.1 Å². The molecule has 5 rings (SSSR count). The van der Waals surface area contributed by atoms with Crippen LogP contribution in [0.25, 0.3) is 43.8 Å². The highest BCUT2D eigenvalue weighted by Gasteiger charge is 2.18. The molecule has 0 spiro atoms. The summed E-state index contributed by atoms with van der Waals surface area (Å²) in [5.41, 5.74) is 2.02. The van der Waals surface area contributed by atoms with Crippen LogP contribution in [0, 0.1) is 3.57 Å². The average molecular weight is 450 g/mol. The second kappa shape index (κ2) is 6.02. The van der Waals surface area contributed by atoms with E-state index in [-0.39, 0.29) is 0 Å². The van der Waals surface area contributed by atoms with E-state index in [0.29, 0.717) is 0 Å². The van der Waals surface area contributed by atoms with Crippen LogP contribution in [0.3, 0.4) is 0 Å². The Morgan fingerprint density at radius 1 is 0.769 bits per heavy atom. The van der Waals surface area contributed by atoms with Gasteiger partial charge in [0, 0.05) is 14.5 Å². The van der Waals surface area contributed by atoms with Gasteiger partial charge in [0.2, 0.25) is 0 Å². The summed E-state index contributed by atoms with van der Waals surface area (Å²) in [5, 5.41) is 5.95. The molecule has 1 aromatic heterocycles. The molecule has 0 atom stereocenters. The van der Waals surface area contributed by atoms with Crippen molar-refractivity contribution in [3.63, 3.8) is 0 Å². The Hall–Kier alpha value is -2.53. The number of benzene rings is 4. The number of hydrogen-bond donors (Lipinski definition) is 0. The Morgan fingerprint density at radius 3 is 2.31 bits per heavy atom. The fourth-order valence-electron chi connectivity index (χ4n) is 3.60. The van der Waals surface area contributed by atoms with Crippen LogP contribution in [0.1, 0.15) is 0 Å². The third-order valence-electron chi connectivity index (χ3n) is 4.84. The van der Waals surface area contributed by atoms with Gasteiger partial charge in [-0.05, 0) is 68.4 Å². The molecule has 0 aliphatic heterocycles. The van der Waals surface area contributed by atoms with Gasteiger partial charge in [0.15, 0.2) is 0 Å². The lowest BCUT2D eigenvalue weighted by atomic mass is 9.95. The molecule has 126 valence electrons. The van der Waals surface area contributed by atoms with Crippen molar-refractivity contribution in [2.24, 2.45) is 0 Å². The minimum absolute atomic E-state index is 0.848. The summed E-state index contributed by atoms with van der Waals surface area (Å²) in [5.74, 6) is 1.74. The van der Waals surface area contributed by atoms with Crippen molar-refractivity contribution >= 4 is 55.1 Å². The summed E-state index contributed by atoms with van der Waals surface area (Å²) in [6, 6.07) is 25.0. The van der Waals surface area contributed by atoms with Gasteiger partial charge in [0.1, 0.15) is 17.1 Å². The van der Waals surface area contributed by atoms with Crippen LogP contribution in [0.15, 0.2) is 77.2 Å². The minimum Gasteiger partial charge on any atom is -0.497 e. The van der Waals surface area contributed by atoms with E-state index in [1.54, 1.807) is 7.11 Å². The molecule has 3 heteroatoms. The van der Waals surface area contributed by atoms with E-state index >= 15 is 0 Å². The van der Waals surface area contributed by atoms with Gasteiger partial charge in [-0.25, -0.2) is 0 Å². The molecular formula is C23H15IO2. The van der Waals surface area contributed by atoms with Crippen LogP contribution in [-0.4, -0.2) is 7.11 Å². The van der Waals surface area contributed by atoms with Crippen molar-refractivity contribution in [2.75, 3.05) is 7.11 Å². The molecule has 0 bridgehead atoms. The second-order valence-electron chi connectivity index (χ2n) is 6.29. The van der Waals surface area contributed by atoms with Gasteiger partial charge in [-0.3, -0.25) is 0 Å². The molecule has 0 aliphatic rings. The molecule has 0 aliphatic carbocycles. The van der Waals surface area contributed by atoms with E-state index in [4.69, 9.17) is 9.15 Å². The van der Waals surface area contributed by atoms with Crippen LogP contribution in [0.5, 0.6) is 5.75 Å². The van der Waals surface area contributed by atoms with Gasteiger partial charge >= 0.3 is 0 Å². The number of halogens is 1. The lowest BCUT2D eigenvalue weighted by Crippen LogP contribution is -1.90. The largest absolute Gasteiger partial charge is 0.497 e. The van der Waals surface area contributed by atoms with E-state index in [1.807, 2.05) is 24.3 Å². The van der Waals surface area contributed by atoms with E-state index in [9.17, 15) is 0 Å². The highest BCUT2D eigenvalue weighted by Crippen LogP contribution is 2.42. The molecule has 1 heterocycles. The van der Waals surface area contributed by atoms with Crippen LogP contribution < -0.4 is 4.74 Å². The number of fused-ring (bicyclic) bond motifs is 4. The van der Waals surface area contributed by atoms with Gasteiger partial charge in [0.05, 0.1) is 7.11 Å². The Labute approximate surface area is 164 Å². The first-order chi connectivity index (χ1) is 12.8. The zero-order valence-corrected chi connectivity index (χ0v) is 16.3. The molecule has 0 N–H and O–H groups in total. The maximum Gasteiger partial charge on any atom is 0.137 e. The fraction of sp³-hybridized carbons (Fsp3) is 0.0435. The molecule has 0 fully saturated rings. The Morgan fingerprint density at radius 2 is 1.50 bits per heavy atom. The Kier molecular flexibility index (Phi) is 3.64. The van der Waals surface area contributed by atoms with Gasteiger partial charge < -0.3 is 9.15 Å². The maximum atomic E-state index is 6.22. The summed E-state index contributed by atoms with van der Waals surface area (Å²) in [6.45, 7) is 0. The SMILES string of the molecule is COc1ccc2c(c1)c(-c1cc3ccccc3o1)c(I)c1ccccc12. The summed E-state index contributed by atoms with van der Waals surface area (Å²) in [6.07, 6.45) is 0. The molecule has 5 aromatic rings. The molecule has 4 aromatic carbocycles. The Bertz CT molecular complexity index is 1250. The topological polar surface area (TPSA) is 22.4 Å². The number of furan rings is 1. The van der Waals surface area contributed by atoms with Crippen molar-refractivity contribution in [2.45, 2.75) is 0 Å². The van der Waals surface area contributed by atoms with Crippen LogP contribution >= 0.6 is 22.6 Å². The van der Waals surface area contributed by atoms with E-state index in [1.165, 1.54) is 19.7 Å². The van der Waals surface area contributed by atoms with E-state index < -0.39 is 0 Å². The minimum atomic E-state index is 0.848. The summed E-state index contributed by atoms with van der Waals surface area (Å²) in [4.78, 5) is 0. The third-order valence-corrected chi connectivity index (χ3v) is 5.96. The zero-order valence-electron chi connectivity index (χ0n) is 14.1. The quantitative estimate of drug-likeness (QED) is 0.213. The first kappa shape index (κ1) is 15.7. The molecule has 0 radical (unpaired) electrons. The maximum absolute atomic E-state index is 6.22. The number of ether oxygens (including phenoxy) is 1. The predicted molar refractivity (Wildman–Crippen MR) is 116 cm³/mol. The van der Waals surface area contributed by atoms with Crippen LogP contribution in [-0.2, 0) is 0 Å². The lowest BCUT2D eigenvalue weighted by Gasteiger charge is -2.13. The normalized spacial score (nSPS) is 11.5. The second-order valence-corrected chi connectivity index (χ2v) is 7.37. The Balaban J connectivity index is 1.96. The van der Waals surface area contributed by atoms with Crippen molar-refractivity contribution < 1.29 is 9.15 Å². The molecule has 26 heavy (non-hydrogen) atoms. The van der Waals surface area contributed by atoms with E-state index in [0.717, 1.165) is 33.4 Å². The predicted octanol–water partition coefficient (Wildman–Crippen LogP) is 7.02. The van der Waals surface area contributed by atoms with Crippen molar-refractivity contribution in [1.29, 1.82) is 0 Å². The standard InChI is InChI=1S/C23H15IO2/c1-25-15-10-11-17-16-7-3-4-8-18(16)23(24)22(19(17)13-15)21-12-14-6-2-5-9-20(14)26-21/h2-13H,1H3. The molecule has 0 saturated carbocycles. The molecule has 0 saturated heterocycles. The zero-order chi connectivity index (χ0) is 17.7. The average Bonchev–Trinajstić information content (AvgIpc) is 3.11. The molecular weight excluding hydrogens is 435 g/mol. The highest BCUT2D eigenvalue weighted by molar-refractivity contribution is 14.1. The molecule has 0 amide bonds. The van der Waals surface area contributed by atoms with Crippen LogP contribution in [0.2, 0.25) is 0 Å². The lowest BCUT2D eigenvalue weighted by molar-refractivity contribution is 0.415. The fourth-order valence-corrected chi connectivity index (χ4v) is 4.63. The van der Waals surface area contributed by atoms with Gasteiger partial charge in [-0.2, -0.15) is 0 Å². The first-order valence-corrected chi connectivity index (χ1v) is 9.51. The first-order valence-electron chi connectivity index (χ1n) is 8.43. The smallest absolute Gasteiger partial charge is 0.137 e. The van der Waals surface area contributed by atoms with Crippen LogP contribution in [0.4, 0.5) is 0 Å². The van der Waals surface area contributed by atoms with Crippen molar-refractivity contribution in [1.82, 2.24) is 0 Å². The number of rotatable bonds is 2. The third kappa shape index (κ3) is 2.31. The summed E-state index contributed by atoms with van der Waals surface area (Å²) >= 11 is 2.44. The van der Waals surface area contributed by atoms with Gasteiger partial charge in [0.25, 0.3) is 0 Å². The summed E-state index contributed by atoms with van der Waals surface area (Å²) < 4.78 is 12.9. The van der Waals surface area contributed by atoms with Gasteiger partial charge in [-0.15, -0.1) is 0 Å². The van der Waals surface area contributed by atoms with Crippen molar-refractivity contribution in [3.05, 3.63) is 76.4 Å². The highest BCUT2D eigenvalue weighted by atomic mass is 127. The van der Waals surface area contributed by atoms with E-state index in [2.05, 4.69) is 71.1 Å². The molecule has 2 nitrogen and oxygen atoms in total. The summed E-state index contributed by atoms with van der Waals surface area (Å²) in [7, 11) is 1.70. The van der Waals surface area contributed by atoms with Gasteiger partial charge in [-0.1, -0.05) is 48.5 Å². The number of methoxy groups -OCH3 is 1. The monoisotopic (exact) mass is 450 g/mol. The number of para-hydroxylation sites is 1.